The summed E-state index contributed by atoms with van der Waals surface area (Å²) >= 11 is 0. The molecule has 0 unspecified atom stereocenters. The van der Waals surface area contributed by atoms with Gasteiger partial charge in [0, 0.05) is 0 Å². The first-order chi connectivity index (χ1) is 21.3. The lowest BCUT2D eigenvalue weighted by atomic mass is 9.99. The third-order valence-corrected chi connectivity index (χ3v) is 9.25. The van der Waals surface area contributed by atoms with Crippen LogP contribution in [0.2, 0.25) is 0 Å². The van der Waals surface area contributed by atoms with Crippen molar-refractivity contribution in [3.63, 3.8) is 0 Å². The van der Waals surface area contributed by atoms with Crippen molar-refractivity contribution in [2.24, 2.45) is 5.92 Å². The molecule has 5 N–H and O–H groups in total. The second-order valence-corrected chi connectivity index (χ2v) is 14.1. The maximum Gasteiger partial charge on any atom is 0.249 e. The van der Waals surface area contributed by atoms with Crippen LogP contribution in [0.1, 0.15) is 201 Å². The van der Waals surface area contributed by atoms with E-state index in [0.29, 0.717) is 12.8 Å². The molecule has 1 amide bonds. The molecule has 0 aromatic rings. The van der Waals surface area contributed by atoms with Crippen LogP contribution in [-0.2, 0) is 4.79 Å². The van der Waals surface area contributed by atoms with Crippen molar-refractivity contribution in [3.8, 4) is 0 Å². The van der Waals surface area contributed by atoms with Crippen LogP contribution in [0.15, 0.2) is 0 Å². The zero-order valence-corrected chi connectivity index (χ0v) is 29.6. The number of carbonyl (C=O) groups excluding carboxylic acids is 1. The molecular weight excluding hydrogens is 550 g/mol. The van der Waals surface area contributed by atoms with Crippen molar-refractivity contribution in [1.29, 1.82) is 0 Å². The van der Waals surface area contributed by atoms with Crippen LogP contribution in [0.3, 0.4) is 0 Å². The molecule has 6 nitrogen and oxygen atoms in total. The molecular formula is C38H77NO5. The largest absolute Gasteiger partial charge is 0.394 e. The Morgan fingerprint density at radius 2 is 0.864 bits per heavy atom. The molecule has 0 saturated carbocycles. The second kappa shape index (κ2) is 32.3. The van der Waals surface area contributed by atoms with Gasteiger partial charge in [-0.2, -0.15) is 0 Å². The summed E-state index contributed by atoms with van der Waals surface area (Å²) in [6, 6.07) is -0.978. The van der Waals surface area contributed by atoms with Gasteiger partial charge in [0.05, 0.1) is 18.8 Å². The van der Waals surface area contributed by atoms with Crippen molar-refractivity contribution in [1.82, 2.24) is 5.32 Å². The van der Waals surface area contributed by atoms with Crippen molar-refractivity contribution in [2.75, 3.05) is 6.61 Å². The summed E-state index contributed by atoms with van der Waals surface area (Å²) in [5, 5.41) is 43.4. The van der Waals surface area contributed by atoms with Crippen LogP contribution in [0.25, 0.3) is 0 Å². The van der Waals surface area contributed by atoms with E-state index < -0.39 is 36.9 Å². The summed E-state index contributed by atoms with van der Waals surface area (Å²) in [5.74, 6) is 0.208. The van der Waals surface area contributed by atoms with Gasteiger partial charge in [0.15, 0.2) is 0 Å². The Labute approximate surface area is 273 Å². The van der Waals surface area contributed by atoms with Crippen LogP contribution >= 0.6 is 0 Å². The number of unbranched alkanes of at least 4 members (excludes halogenated alkanes) is 23. The molecule has 0 aromatic heterocycles. The summed E-state index contributed by atoms with van der Waals surface area (Å²) < 4.78 is 0. The van der Waals surface area contributed by atoms with E-state index in [1.807, 2.05) is 0 Å². The number of aliphatic hydroxyl groups excluding tert-OH is 4. The molecule has 0 bridgehead atoms. The van der Waals surface area contributed by atoms with E-state index in [0.717, 1.165) is 44.4 Å². The van der Waals surface area contributed by atoms with Gasteiger partial charge in [0.25, 0.3) is 0 Å². The molecule has 0 fully saturated rings. The lowest BCUT2D eigenvalue weighted by Gasteiger charge is -2.27. The zero-order valence-electron chi connectivity index (χ0n) is 29.6. The monoisotopic (exact) mass is 628 g/mol. The SMILES string of the molecule is CCCCCCCCCCCCCCCCCCC[C@@H](O)C(=O)N[C@@H](CO)[C@H](O)[C@H](O)CCCCCCCCCCC(C)C. The number of nitrogens with one attached hydrogen (secondary N) is 1. The van der Waals surface area contributed by atoms with Crippen LogP contribution in [0.5, 0.6) is 0 Å². The third kappa shape index (κ3) is 27.6. The predicted octanol–water partition coefficient (Wildman–Crippen LogP) is 9.14. The molecule has 0 aliphatic rings. The van der Waals surface area contributed by atoms with Gasteiger partial charge in [-0.3, -0.25) is 4.79 Å². The highest BCUT2D eigenvalue weighted by atomic mass is 16.3. The molecule has 6 heteroatoms. The fourth-order valence-electron chi connectivity index (χ4n) is 6.12. The number of amides is 1. The highest BCUT2D eigenvalue weighted by Gasteiger charge is 2.28. The van der Waals surface area contributed by atoms with E-state index in [-0.39, 0.29) is 0 Å². The van der Waals surface area contributed by atoms with Crippen LogP contribution in [0.4, 0.5) is 0 Å². The van der Waals surface area contributed by atoms with E-state index in [2.05, 4.69) is 26.1 Å². The number of hydrogen-bond donors (Lipinski definition) is 5. The Hall–Kier alpha value is -0.690. The van der Waals surface area contributed by atoms with E-state index in [1.54, 1.807) is 0 Å². The van der Waals surface area contributed by atoms with Gasteiger partial charge >= 0.3 is 0 Å². The molecule has 264 valence electrons. The lowest BCUT2D eigenvalue weighted by Crippen LogP contribution is -2.53. The van der Waals surface area contributed by atoms with Gasteiger partial charge in [0.2, 0.25) is 5.91 Å². The number of aliphatic hydroxyl groups is 4. The number of rotatable bonds is 34. The van der Waals surface area contributed by atoms with Crippen LogP contribution in [-0.4, -0.2) is 57.3 Å². The molecule has 0 radical (unpaired) electrons. The Balaban J connectivity index is 3.75. The topological polar surface area (TPSA) is 110 Å². The minimum absolute atomic E-state index is 0.374. The first-order valence-electron chi connectivity index (χ1n) is 19.3. The third-order valence-electron chi connectivity index (χ3n) is 9.25. The number of hydrogen-bond acceptors (Lipinski definition) is 5. The highest BCUT2D eigenvalue weighted by Crippen LogP contribution is 2.17. The highest BCUT2D eigenvalue weighted by molar-refractivity contribution is 5.80. The Morgan fingerprint density at radius 1 is 0.523 bits per heavy atom. The van der Waals surface area contributed by atoms with Crippen molar-refractivity contribution >= 4 is 5.91 Å². The molecule has 0 heterocycles. The van der Waals surface area contributed by atoms with Crippen molar-refractivity contribution < 1.29 is 25.2 Å². The van der Waals surface area contributed by atoms with Gasteiger partial charge in [0.1, 0.15) is 12.2 Å². The molecule has 0 aromatic carbocycles. The summed E-state index contributed by atoms with van der Waals surface area (Å²) in [6.45, 7) is 6.34. The molecule has 0 rings (SSSR count). The molecule has 0 aliphatic heterocycles. The molecule has 0 aliphatic carbocycles. The minimum atomic E-state index is -1.25. The Morgan fingerprint density at radius 3 is 1.23 bits per heavy atom. The molecule has 0 spiro atoms. The normalized spacial score (nSPS) is 14.5. The Bertz CT molecular complexity index is 602. The van der Waals surface area contributed by atoms with E-state index in [9.17, 15) is 25.2 Å². The maximum atomic E-state index is 12.4. The summed E-state index contributed by atoms with van der Waals surface area (Å²) in [4.78, 5) is 12.4. The minimum Gasteiger partial charge on any atom is -0.394 e. The van der Waals surface area contributed by atoms with Crippen molar-refractivity contribution in [3.05, 3.63) is 0 Å². The van der Waals surface area contributed by atoms with Crippen LogP contribution in [0, 0.1) is 5.92 Å². The fraction of sp³-hybridized carbons (Fsp3) is 0.974. The maximum absolute atomic E-state index is 12.4. The van der Waals surface area contributed by atoms with E-state index >= 15 is 0 Å². The predicted molar refractivity (Wildman–Crippen MR) is 187 cm³/mol. The molecule has 0 saturated heterocycles. The van der Waals surface area contributed by atoms with Gasteiger partial charge in [-0.05, 0) is 18.8 Å². The van der Waals surface area contributed by atoms with Gasteiger partial charge < -0.3 is 25.7 Å². The van der Waals surface area contributed by atoms with Gasteiger partial charge in [-0.15, -0.1) is 0 Å². The first kappa shape index (κ1) is 43.3. The average molecular weight is 628 g/mol. The quantitative estimate of drug-likeness (QED) is 0.0457. The summed E-state index contributed by atoms with van der Waals surface area (Å²) in [6.07, 6.45) is 29.9. The smallest absolute Gasteiger partial charge is 0.249 e. The second-order valence-electron chi connectivity index (χ2n) is 14.1. The van der Waals surface area contributed by atoms with E-state index in [4.69, 9.17) is 0 Å². The van der Waals surface area contributed by atoms with Crippen LogP contribution < -0.4 is 5.32 Å². The molecule has 44 heavy (non-hydrogen) atoms. The summed E-state index contributed by atoms with van der Waals surface area (Å²) in [5.41, 5.74) is 0. The standard InChI is InChI=1S/C38H77NO5/c1-4-5-6-7-8-9-10-11-12-13-14-15-16-17-22-25-28-31-36(42)38(44)39-34(32-40)37(43)35(41)30-27-24-21-19-18-20-23-26-29-33(2)3/h33-37,40-43H,4-32H2,1-3H3,(H,39,44)/t34-,35+,36+,37-/m0/s1. The summed E-state index contributed by atoms with van der Waals surface area (Å²) in [7, 11) is 0. The zero-order chi connectivity index (χ0) is 32.7. The molecule has 4 atom stereocenters. The van der Waals surface area contributed by atoms with Crippen molar-refractivity contribution in [2.45, 2.75) is 225 Å². The lowest BCUT2D eigenvalue weighted by molar-refractivity contribution is -0.132. The average Bonchev–Trinajstić information content (AvgIpc) is 3.01. The van der Waals surface area contributed by atoms with Gasteiger partial charge in [-0.25, -0.2) is 0 Å². The number of carbonyl (C=O) groups is 1. The Kier molecular flexibility index (Phi) is 31.8. The fourth-order valence-corrected chi connectivity index (χ4v) is 6.12. The first-order valence-corrected chi connectivity index (χ1v) is 19.3. The van der Waals surface area contributed by atoms with Gasteiger partial charge in [-0.1, -0.05) is 188 Å². The van der Waals surface area contributed by atoms with E-state index in [1.165, 1.54) is 128 Å².